The zero-order valence-electron chi connectivity index (χ0n) is 10.6. The third-order valence-electron chi connectivity index (χ3n) is 2.62. The van der Waals surface area contributed by atoms with Crippen LogP contribution < -0.4 is 4.72 Å². The highest BCUT2D eigenvalue weighted by atomic mass is 35.5. The predicted octanol–water partition coefficient (Wildman–Crippen LogP) is 4.36. The minimum absolute atomic E-state index is 0.00238. The Morgan fingerprint density at radius 3 is 2.36 bits per heavy atom. The van der Waals surface area contributed by atoms with Crippen LogP contribution in [0.4, 0.5) is 11.4 Å². The van der Waals surface area contributed by atoms with Gasteiger partial charge in [-0.1, -0.05) is 40.9 Å². The second-order valence-corrected chi connectivity index (χ2v) is 6.93. The molecule has 2 aromatic rings. The van der Waals surface area contributed by atoms with E-state index in [9.17, 15) is 18.5 Å². The van der Waals surface area contributed by atoms with E-state index < -0.39 is 14.9 Å². The fraction of sp³-hybridized carbons (Fsp3) is 0. The Balaban J connectivity index is 2.42. The topological polar surface area (TPSA) is 89.3 Å². The summed E-state index contributed by atoms with van der Waals surface area (Å²) in [5.74, 6) is 0. The molecule has 22 heavy (non-hydrogen) atoms. The molecule has 0 fully saturated rings. The average Bonchev–Trinajstić information content (AvgIpc) is 2.48. The van der Waals surface area contributed by atoms with Crippen molar-refractivity contribution in [3.8, 4) is 0 Å². The van der Waals surface area contributed by atoms with Crippen LogP contribution in [0.2, 0.25) is 15.1 Å². The number of nitro groups is 1. The Morgan fingerprint density at radius 1 is 1.05 bits per heavy atom. The number of hydrogen-bond donors (Lipinski definition) is 1. The van der Waals surface area contributed by atoms with Gasteiger partial charge in [-0.05, 0) is 18.2 Å². The molecule has 0 aliphatic heterocycles. The van der Waals surface area contributed by atoms with Crippen LogP contribution in [0.25, 0.3) is 0 Å². The second kappa shape index (κ2) is 6.29. The van der Waals surface area contributed by atoms with E-state index in [2.05, 4.69) is 4.72 Å². The number of nitrogens with zero attached hydrogens (tertiary/aromatic N) is 1. The molecule has 2 rings (SSSR count). The van der Waals surface area contributed by atoms with Gasteiger partial charge < -0.3 is 0 Å². The van der Waals surface area contributed by atoms with Crippen LogP contribution >= 0.6 is 34.8 Å². The van der Waals surface area contributed by atoms with Gasteiger partial charge >= 0.3 is 0 Å². The maximum atomic E-state index is 12.3. The minimum atomic E-state index is -4.06. The van der Waals surface area contributed by atoms with Gasteiger partial charge in [0.2, 0.25) is 0 Å². The first-order valence-corrected chi connectivity index (χ1v) is 8.25. The van der Waals surface area contributed by atoms with E-state index >= 15 is 0 Å². The van der Waals surface area contributed by atoms with Crippen molar-refractivity contribution in [3.63, 3.8) is 0 Å². The van der Waals surface area contributed by atoms with Gasteiger partial charge in [0.1, 0.15) is 0 Å². The summed E-state index contributed by atoms with van der Waals surface area (Å²) in [4.78, 5) is 9.75. The summed E-state index contributed by atoms with van der Waals surface area (Å²) in [6.45, 7) is 0. The van der Waals surface area contributed by atoms with E-state index in [4.69, 9.17) is 34.8 Å². The molecule has 10 heteroatoms. The summed E-state index contributed by atoms with van der Waals surface area (Å²) < 4.78 is 26.7. The largest absolute Gasteiger partial charge is 0.278 e. The van der Waals surface area contributed by atoms with E-state index in [-0.39, 0.29) is 31.3 Å². The highest BCUT2D eigenvalue weighted by molar-refractivity contribution is 7.92. The van der Waals surface area contributed by atoms with Gasteiger partial charge in [-0.15, -0.1) is 0 Å². The lowest BCUT2D eigenvalue weighted by Crippen LogP contribution is -2.13. The summed E-state index contributed by atoms with van der Waals surface area (Å²) in [5, 5.41) is 10.8. The fourth-order valence-corrected chi connectivity index (χ4v) is 3.32. The van der Waals surface area contributed by atoms with Gasteiger partial charge in [0.15, 0.2) is 0 Å². The van der Waals surface area contributed by atoms with Crippen molar-refractivity contribution in [2.45, 2.75) is 4.90 Å². The number of halogens is 3. The van der Waals surface area contributed by atoms with E-state index in [1.807, 2.05) is 0 Å². The summed E-state index contributed by atoms with van der Waals surface area (Å²) in [6, 6.07) is 7.33. The highest BCUT2D eigenvalue weighted by Crippen LogP contribution is 2.36. The zero-order chi connectivity index (χ0) is 16.5. The number of sulfonamides is 1. The summed E-state index contributed by atoms with van der Waals surface area (Å²) in [5.41, 5.74) is -0.328. The molecule has 0 heterocycles. The van der Waals surface area contributed by atoms with Crippen molar-refractivity contribution in [2.75, 3.05) is 4.72 Å². The summed E-state index contributed by atoms with van der Waals surface area (Å²) in [6.07, 6.45) is 0. The monoisotopic (exact) mass is 380 g/mol. The Bertz CT molecular complexity index is 855. The number of hydrogen-bond acceptors (Lipinski definition) is 4. The lowest BCUT2D eigenvalue weighted by atomic mass is 10.3. The van der Waals surface area contributed by atoms with Gasteiger partial charge in [-0.2, -0.15) is 0 Å². The third kappa shape index (κ3) is 3.44. The van der Waals surface area contributed by atoms with Gasteiger partial charge in [-0.25, -0.2) is 8.42 Å². The molecule has 0 saturated heterocycles. The summed E-state index contributed by atoms with van der Waals surface area (Å²) in [7, 11) is -4.06. The Labute approximate surface area is 140 Å². The molecular formula is C12H7Cl3N2O4S. The first kappa shape index (κ1) is 16.8. The van der Waals surface area contributed by atoms with E-state index in [1.165, 1.54) is 30.3 Å². The molecule has 116 valence electrons. The molecule has 0 saturated carbocycles. The number of rotatable bonds is 4. The van der Waals surface area contributed by atoms with Crippen molar-refractivity contribution < 1.29 is 13.3 Å². The molecule has 0 aliphatic carbocycles. The first-order valence-electron chi connectivity index (χ1n) is 5.63. The van der Waals surface area contributed by atoms with Crippen molar-refractivity contribution in [2.24, 2.45) is 0 Å². The third-order valence-corrected chi connectivity index (χ3v) is 5.28. The second-order valence-electron chi connectivity index (χ2n) is 4.08. The van der Waals surface area contributed by atoms with Crippen molar-refractivity contribution in [1.82, 2.24) is 0 Å². The Kier molecular flexibility index (Phi) is 4.81. The van der Waals surface area contributed by atoms with Crippen LogP contribution in [-0.2, 0) is 10.0 Å². The van der Waals surface area contributed by atoms with Crippen molar-refractivity contribution in [3.05, 3.63) is 61.6 Å². The Morgan fingerprint density at radius 2 is 1.73 bits per heavy atom. The lowest BCUT2D eigenvalue weighted by molar-refractivity contribution is -0.385. The quantitative estimate of drug-likeness (QED) is 0.484. The number of anilines is 1. The molecule has 2 aromatic carbocycles. The number of benzene rings is 2. The van der Waals surface area contributed by atoms with E-state index in [0.717, 1.165) is 6.07 Å². The minimum Gasteiger partial charge on any atom is -0.278 e. The zero-order valence-corrected chi connectivity index (χ0v) is 13.7. The fourth-order valence-electron chi connectivity index (χ4n) is 1.57. The SMILES string of the molecule is O=[N+]([O-])c1cccc(S(=O)(=O)Nc2ccc(Cl)c(Cl)c2Cl)c1. The normalized spacial score (nSPS) is 11.2. The molecule has 0 atom stereocenters. The standard InChI is InChI=1S/C12H7Cl3N2O4S/c13-9-4-5-10(12(15)11(9)14)16-22(20,21)8-3-1-2-7(6-8)17(18)19/h1-6,16H. The molecule has 0 bridgehead atoms. The van der Waals surface area contributed by atoms with Gasteiger partial charge in [0, 0.05) is 12.1 Å². The molecule has 0 radical (unpaired) electrons. The van der Waals surface area contributed by atoms with Gasteiger partial charge in [-0.3, -0.25) is 14.8 Å². The molecule has 1 N–H and O–H groups in total. The molecule has 6 nitrogen and oxygen atoms in total. The van der Waals surface area contributed by atoms with E-state index in [0.29, 0.717) is 0 Å². The van der Waals surface area contributed by atoms with Crippen molar-refractivity contribution in [1.29, 1.82) is 0 Å². The molecule has 0 aliphatic rings. The van der Waals surface area contributed by atoms with Crippen LogP contribution in [0.3, 0.4) is 0 Å². The predicted molar refractivity (Wildman–Crippen MR) is 85.4 cm³/mol. The molecule has 0 aromatic heterocycles. The molecule has 0 amide bonds. The van der Waals surface area contributed by atoms with Crippen LogP contribution in [-0.4, -0.2) is 13.3 Å². The van der Waals surface area contributed by atoms with E-state index in [1.54, 1.807) is 0 Å². The van der Waals surface area contributed by atoms with Gasteiger partial charge in [0.25, 0.3) is 15.7 Å². The highest BCUT2D eigenvalue weighted by Gasteiger charge is 2.20. The van der Waals surface area contributed by atoms with Crippen LogP contribution in [0.5, 0.6) is 0 Å². The molecule has 0 unspecified atom stereocenters. The maximum absolute atomic E-state index is 12.3. The van der Waals surface area contributed by atoms with Crippen molar-refractivity contribution >= 4 is 56.2 Å². The number of nitro benzene ring substituents is 1. The van der Waals surface area contributed by atoms with Gasteiger partial charge in [0.05, 0.1) is 30.6 Å². The Hall–Kier alpha value is -1.54. The van der Waals surface area contributed by atoms with Crippen LogP contribution in [0.15, 0.2) is 41.3 Å². The maximum Gasteiger partial charge on any atom is 0.270 e. The number of non-ortho nitro benzene ring substituents is 1. The smallest absolute Gasteiger partial charge is 0.270 e. The number of nitrogens with one attached hydrogen (secondary N) is 1. The van der Waals surface area contributed by atoms with Crippen LogP contribution in [0.1, 0.15) is 0 Å². The average molecular weight is 382 g/mol. The first-order chi connectivity index (χ1) is 10.2. The molecular weight excluding hydrogens is 375 g/mol. The lowest BCUT2D eigenvalue weighted by Gasteiger charge is -2.11. The van der Waals surface area contributed by atoms with Crippen LogP contribution in [0, 0.1) is 10.1 Å². The summed E-state index contributed by atoms with van der Waals surface area (Å²) >= 11 is 17.5. The molecule has 0 spiro atoms.